The lowest BCUT2D eigenvalue weighted by Crippen LogP contribution is -2.22. The fourth-order valence-electron chi connectivity index (χ4n) is 4.28. The van der Waals surface area contributed by atoms with Crippen LogP contribution >= 0.6 is 0 Å². The van der Waals surface area contributed by atoms with Crippen molar-refractivity contribution in [1.82, 2.24) is 9.80 Å². The van der Waals surface area contributed by atoms with Crippen molar-refractivity contribution in [3.63, 3.8) is 0 Å². The van der Waals surface area contributed by atoms with Gasteiger partial charge in [0.25, 0.3) is 0 Å². The summed E-state index contributed by atoms with van der Waals surface area (Å²) in [6, 6.07) is 13.1. The first-order valence-corrected chi connectivity index (χ1v) is 10.5. The molecule has 2 aliphatic heterocycles. The summed E-state index contributed by atoms with van der Waals surface area (Å²) >= 11 is 0. The SMILES string of the molecule is CN(Cc1ccc(C2CCCCO2)o1)Cc1ccccc1CN1CCCC1. The van der Waals surface area contributed by atoms with Gasteiger partial charge in [0, 0.05) is 19.7 Å². The van der Waals surface area contributed by atoms with Gasteiger partial charge in [-0.05, 0) is 75.5 Å². The van der Waals surface area contributed by atoms with Gasteiger partial charge in [-0.1, -0.05) is 24.3 Å². The van der Waals surface area contributed by atoms with Crippen molar-refractivity contribution in [3.8, 4) is 0 Å². The van der Waals surface area contributed by atoms with E-state index < -0.39 is 0 Å². The van der Waals surface area contributed by atoms with Gasteiger partial charge in [-0.25, -0.2) is 0 Å². The number of likely N-dealkylation sites (tertiary alicyclic amines) is 1. The van der Waals surface area contributed by atoms with Crippen molar-refractivity contribution >= 4 is 0 Å². The van der Waals surface area contributed by atoms with Crippen molar-refractivity contribution in [2.75, 3.05) is 26.7 Å². The zero-order valence-electron chi connectivity index (χ0n) is 16.5. The van der Waals surface area contributed by atoms with Crippen LogP contribution in [-0.4, -0.2) is 36.5 Å². The molecule has 0 aliphatic carbocycles. The molecule has 4 heteroatoms. The molecule has 1 unspecified atom stereocenters. The summed E-state index contributed by atoms with van der Waals surface area (Å²) < 4.78 is 11.9. The number of benzene rings is 1. The fourth-order valence-corrected chi connectivity index (χ4v) is 4.28. The maximum absolute atomic E-state index is 6.09. The first-order valence-electron chi connectivity index (χ1n) is 10.5. The largest absolute Gasteiger partial charge is 0.462 e. The van der Waals surface area contributed by atoms with Crippen molar-refractivity contribution in [2.24, 2.45) is 0 Å². The predicted molar refractivity (Wildman–Crippen MR) is 107 cm³/mol. The van der Waals surface area contributed by atoms with Crippen LogP contribution in [0.5, 0.6) is 0 Å². The van der Waals surface area contributed by atoms with Gasteiger partial charge in [-0.3, -0.25) is 9.80 Å². The Morgan fingerprint density at radius 1 is 0.963 bits per heavy atom. The van der Waals surface area contributed by atoms with Crippen LogP contribution in [0.4, 0.5) is 0 Å². The van der Waals surface area contributed by atoms with Crippen LogP contribution in [0.25, 0.3) is 0 Å². The average molecular weight is 369 g/mol. The molecular weight excluding hydrogens is 336 g/mol. The zero-order chi connectivity index (χ0) is 18.5. The highest BCUT2D eigenvalue weighted by molar-refractivity contribution is 5.27. The van der Waals surface area contributed by atoms with Crippen LogP contribution < -0.4 is 0 Å². The molecule has 0 radical (unpaired) electrons. The number of ether oxygens (including phenoxy) is 1. The molecule has 1 atom stereocenters. The summed E-state index contributed by atoms with van der Waals surface area (Å²) in [5, 5.41) is 0. The first kappa shape index (κ1) is 18.7. The third kappa shape index (κ3) is 5.01. The van der Waals surface area contributed by atoms with E-state index in [2.05, 4.69) is 53.2 Å². The molecule has 3 heterocycles. The number of rotatable bonds is 7. The van der Waals surface area contributed by atoms with E-state index in [9.17, 15) is 0 Å². The minimum absolute atomic E-state index is 0.152. The van der Waals surface area contributed by atoms with Gasteiger partial charge in [0.05, 0.1) is 6.54 Å². The quantitative estimate of drug-likeness (QED) is 0.705. The predicted octanol–water partition coefficient (Wildman–Crippen LogP) is 4.75. The maximum Gasteiger partial charge on any atom is 0.133 e. The molecule has 2 fully saturated rings. The molecule has 0 spiro atoms. The summed E-state index contributed by atoms with van der Waals surface area (Å²) in [4.78, 5) is 4.91. The lowest BCUT2D eigenvalue weighted by atomic mass is 10.1. The van der Waals surface area contributed by atoms with E-state index in [-0.39, 0.29) is 6.10 Å². The van der Waals surface area contributed by atoms with E-state index in [0.717, 1.165) is 44.2 Å². The highest BCUT2D eigenvalue weighted by atomic mass is 16.5. The summed E-state index contributed by atoms with van der Waals surface area (Å²) in [5.41, 5.74) is 2.89. The molecule has 1 aromatic carbocycles. The van der Waals surface area contributed by atoms with Gasteiger partial charge in [-0.15, -0.1) is 0 Å². The summed E-state index contributed by atoms with van der Waals surface area (Å²) in [5.74, 6) is 2.02. The van der Waals surface area contributed by atoms with Crippen LogP contribution in [0.3, 0.4) is 0 Å². The smallest absolute Gasteiger partial charge is 0.133 e. The van der Waals surface area contributed by atoms with E-state index >= 15 is 0 Å². The molecule has 2 aromatic rings. The number of hydrogen-bond acceptors (Lipinski definition) is 4. The highest BCUT2D eigenvalue weighted by Gasteiger charge is 2.20. The molecule has 4 nitrogen and oxygen atoms in total. The molecule has 0 amide bonds. The van der Waals surface area contributed by atoms with Crippen molar-refractivity contribution in [3.05, 3.63) is 59.0 Å². The Kier molecular flexibility index (Phi) is 6.28. The molecule has 1 aromatic heterocycles. The van der Waals surface area contributed by atoms with Crippen molar-refractivity contribution in [1.29, 1.82) is 0 Å². The fraction of sp³-hybridized carbons (Fsp3) is 0.565. The Morgan fingerprint density at radius 2 is 1.78 bits per heavy atom. The van der Waals surface area contributed by atoms with Gasteiger partial charge in [0.15, 0.2) is 0 Å². The molecule has 0 bridgehead atoms. The van der Waals surface area contributed by atoms with Gasteiger partial charge >= 0.3 is 0 Å². The zero-order valence-corrected chi connectivity index (χ0v) is 16.5. The molecule has 2 aliphatic rings. The van der Waals surface area contributed by atoms with Gasteiger partial charge in [-0.2, -0.15) is 0 Å². The summed E-state index contributed by atoms with van der Waals surface area (Å²) in [6.45, 7) is 6.18. The Hall–Kier alpha value is -1.62. The monoisotopic (exact) mass is 368 g/mol. The van der Waals surface area contributed by atoms with Crippen LogP contribution in [0.15, 0.2) is 40.8 Å². The molecule has 146 valence electrons. The van der Waals surface area contributed by atoms with Crippen LogP contribution in [0, 0.1) is 0 Å². The lowest BCUT2D eigenvalue weighted by Gasteiger charge is -2.21. The topological polar surface area (TPSA) is 28.9 Å². The standard InChI is InChI=1S/C23H32N2O2/c1-24(18-21-11-12-23(27-21)22-10-4-7-15-26-22)16-19-8-2-3-9-20(19)17-25-13-5-6-14-25/h2-3,8-9,11-12,22H,4-7,10,13-18H2,1H3. The average Bonchev–Trinajstić information content (AvgIpc) is 3.36. The van der Waals surface area contributed by atoms with Crippen LogP contribution in [-0.2, 0) is 24.4 Å². The first-order chi connectivity index (χ1) is 13.3. The molecule has 4 rings (SSSR count). The molecular formula is C23H32N2O2. The van der Waals surface area contributed by atoms with Gasteiger partial charge in [0.2, 0.25) is 0 Å². The van der Waals surface area contributed by atoms with E-state index in [0.29, 0.717) is 0 Å². The highest BCUT2D eigenvalue weighted by Crippen LogP contribution is 2.29. The van der Waals surface area contributed by atoms with Crippen molar-refractivity contribution in [2.45, 2.75) is 57.8 Å². The normalized spacial score (nSPS) is 21.2. The Bertz CT molecular complexity index is 715. The number of hydrogen-bond donors (Lipinski definition) is 0. The third-order valence-electron chi connectivity index (χ3n) is 5.76. The van der Waals surface area contributed by atoms with Crippen molar-refractivity contribution < 1.29 is 9.15 Å². The molecule has 0 N–H and O–H groups in total. The Morgan fingerprint density at radius 3 is 2.56 bits per heavy atom. The third-order valence-corrected chi connectivity index (χ3v) is 5.76. The summed E-state index contributed by atoms with van der Waals surface area (Å²) in [7, 11) is 2.17. The van der Waals surface area contributed by atoms with E-state index in [4.69, 9.17) is 9.15 Å². The minimum atomic E-state index is 0.152. The molecule has 2 saturated heterocycles. The Balaban J connectivity index is 1.35. The van der Waals surface area contributed by atoms with Gasteiger partial charge in [0.1, 0.15) is 17.6 Å². The van der Waals surface area contributed by atoms with E-state index in [1.807, 2.05) is 0 Å². The molecule has 0 saturated carbocycles. The second kappa shape index (κ2) is 9.05. The second-order valence-corrected chi connectivity index (χ2v) is 8.08. The van der Waals surface area contributed by atoms with E-state index in [1.54, 1.807) is 0 Å². The second-order valence-electron chi connectivity index (χ2n) is 8.08. The van der Waals surface area contributed by atoms with Gasteiger partial charge < -0.3 is 9.15 Å². The molecule has 27 heavy (non-hydrogen) atoms. The maximum atomic E-state index is 6.09. The lowest BCUT2D eigenvalue weighted by molar-refractivity contribution is 0.000906. The summed E-state index contributed by atoms with van der Waals surface area (Å²) in [6.07, 6.45) is 6.31. The number of nitrogens with zero attached hydrogens (tertiary/aromatic N) is 2. The Labute approximate surface area is 163 Å². The minimum Gasteiger partial charge on any atom is -0.462 e. The van der Waals surface area contributed by atoms with Crippen LogP contribution in [0.2, 0.25) is 0 Å². The number of furan rings is 1. The van der Waals surface area contributed by atoms with Crippen LogP contribution in [0.1, 0.15) is 60.9 Å². The van der Waals surface area contributed by atoms with E-state index in [1.165, 1.54) is 49.9 Å².